The lowest BCUT2D eigenvalue weighted by Crippen LogP contribution is -2.03. The molecule has 0 unspecified atom stereocenters. The summed E-state index contributed by atoms with van der Waals surface area (Å²) in [6.07, 6.45) is 2.84. The first-order chi connectivity index (χ1) is 3.56. The summed E-state index contributed by atoms with van der Waals surface area (Å²) < 4.78 is 0. The van der Waals surface area contributed by atoms with Crippen molar-refractivity contribution in [1.29, 1.82) is 0 Å². The molecule has 0 aliphatic carbocycles. The Morgan fingerprint density at radius 1 is 1.25 bits per heavy atom. The lowest BCUT2D eigenvalue weighted by molar-refractivity contribution is 0.373. The van der Waals surface area contributed by atoms with Crippen molar-refractivity contribution in [3.05, 3.63) is 0 Å². The first-order valence-corrected chi connectivity index (χ1v) is 4.97. The van der Waals surface area contributed by atoms with Gasteiger partial charge in [0, 0.05) is 10.2 Å². The van der Waals surface area contributed by atoms with E-state index in [1.807, 2.05) is 0 Å². The predicted octanol–water partition coefficient (Wildman–Crippen LogP) is 1.60. The summed E-state index contributed by atoms with van der Waals surface area (Å²) in [6.45, 7) is 6.93. The van der Waals surface area contributed by atoms with Crippen molar-refractivity contribution in [3.63, 3.8) is 0 Å². The Hall–Kier alpha value is 0.217. The van der Waals surface area contributed by atoms with Gasteiger partial charge in [0.25, 0.3) is 0 Å². The Labute approximate surface area is 56.1 Å². The summed E-state index contributed by atoms with van der Waals surface area (Å²) >= 11 is 0. The molecule has 0 amide bonds. The highest BCUT2D eigenvalue weighted by Crippen LogP contribution is 2.20. The highest BCUT2D eigenvalue weighted by molar-refractivity contribution is 6.08. The summed E-state index contributed by atoms with van der Waals surface area (Å²) in [5.41, 5.74) is 0.574. The zero-order valence-electron chi connectivity index (χ0n) is 6.62. The molecule has 0 fully saturated rings. The molecule has 0 nitrogen and oxygen atoms in total. The van der Waals surface area contributed by atoms with Crippen LogP contribution in [0.25, 0.3) is 0 Å². The van der Waals surface area contributed by atoms with Gasteiger partial charge in [0.1, 0.15) is 0 Å². The Kier molecular flexibility index (Phi) is 3.37. The lowest BCUT2D eigenvalue weighted by atomic mass is 9.91. The normalized spacial score (nSPS) is 12.4. The molecule has 1 heteroatoms. The highest BCUT2D eigenvalue weighted by Gasteiger charge is 2.07. The predicted molar refractivity (Wildman–Crippen MR) is 43.4 cm³/mol. The maximum absolute atomic E-state index is 2.31. The van der Waals surface area contributed by atoms with E-state index in [-0.39, 0.29) is 0 Å². The molecule has 8 heavy (non-hydrogen) atoms. The van der Waals surface area contributed by atoms with Gasteiger partial charge in [-0.1, -0.05) is 33.2 Å². The fraction of sp³-hybridized carbons (Fsp3) is 1.00. The minimum absolute atomic E-state index is 0.574. The van der Waals surface area contributed by atoms with E-state index in [9.17, 15) is 0 Å². The van der Waals surface area contributed by atoms with Crippen LogP contribution in [0.5, 0.6) is 0 Å². The van der Waals surface area contributed by atoms with E-state index in [0.717, 1.165) is 0 Å². The van der Waals surface area contributed by atoms with E-state index >= 15 is 0 Å². The average molecular weight is 130 g/mol. The molecule has 0 N–H and O–H groups in total. The molecule has 50 valence electrons. The standard InChI is InChI=1S/C7H18Si/c1-7(2,3)5-4-6-8/h4-6H2,1-3,8H3. The van der Waals surface area contributed by atoms with Crippen LogP contribution in [0.15, 0.2) is 0 Å². The maximum Gasteiger partial charge on any atom is 0.00279 e. The van der Waals surface area contributed by atoms with Crippen LogP contribution >= 0.6 is 0 Å². The van der Waals surface area contributed by atoms with Gasteiger partial charge < -0.3 is 0 Å². The average Bonchev–Trinajstić information content (AvgIpc) is 1.59. The van der Waals surface area contributed by atoms with E-state index < -0.39 is 0 Å². The highest BCUT2D eigenvalue weighted by atomic mass is 28.1. The van der Waals surface area contributed by atoms with E-state index in [1.54, 1.807) is 0 Å². The maximum atomic E-state index is 2.31. The molecular formula is C7H18Si. The molecule has 0 rings (SSSR count). The zero-order valence-corrected chi connectivity index (χ0v) is 8.62. The van der Waals surface area contributed by atoms with E-state index in [0.29, 0.717) is 5.41 Å². The summed E-state index contributed by atoms with van der Waals surface area (Å²) in [6, 6.07) is 1.47. The molecule has 0 aromatic heterocycles. The second-order valence-corrected chi connectivity index (χ2v) is 4.66. The summed E-state index contributed by atoms with van der Waals surface area (Å²) in [5.74, 6) is 0. The first kappa shape index (κ1) is 8.22. The van der Waals surface area contributed by atoms with Crippen molar-refractivity contribution in [2.45, 2.75) is 39.7 Å². The van der Waals surface area contributed by atoms with Crippen molar-refractivity contribution in [3.8, 4) is 0 Å². The van der Waals surface area contributed by atoms with Crippen LogP contribution in [-0.2, 0) is 0 Å². The van der Waals surface area contributed by atoms with Gasteiger partial charge in [-0.25, -0.2) is 0 Å². The first-order valence-electron chi connectivity index (χ1n) is 3.56. The molecule has 0 atom stereocenters. The molecule has 0 aromatic rings. The summed E-state index contributed by atoms with van der Waals surface area (Å²) in [4.78, 5) is 0. The van der Waals surface area contributed by atoms with Crippen LogP contribution in [0.4, 0.5) is 0 Å². The molecule has 0 aromatic carbocycles. The third-order valence-corrected chi connectivity index (χ3v) is 1.99. The SMILES string of the molecule is CC(C)(C)CCC[SiH3]. The molecule has 0 spiro atoms. The number of hydrogen-bond donors (Lipinski definition) is 0. The van der Waals surface area contributed by atoms with Gasteiger partial charge in [0.2, 0.25) is 0 Å². The van der Waals surface area contributed by atoms with Crippen molar-refractivity contribution >= 4 is 10.2 Å². The monoisotopic (exact) mass is 130 g/mol. The van der Waals surface area contributed by atoms with Crippen LogP contribution in [-0.4, -0.2) is 10.2 Å². The molecule has 0 aliphatic heterocycles. The molecule has 0 radical (unpaired) electrons. The topological polar surface area (TPSA) is 0 Å². The molecule has 0 heterocycles. The fourth-order valence-electron chi connectivity index (χ4n) is 0.707. The van der Waals surface area contributed by atoms with Crippen molar-refractivity contribution in [2.75, 3.05) is 0 Å². The van der Waals surface area contributed by atoms with Crippen LogP contribution < -0.4 is 0 Å². The fourth-order valence-corrected chi connectivity index (χ4v) is 1.06. The van der Waals surface area contributed by atoms with Gasteiger partial charge in [-0.2, -0.15) is 0 Å². The number of hydrogen-bond acceptors (Lipinski definition) is 0. The minimum Gasteiger partial charge on any atom is -0.0658 e. The largest absolute Gasteiger partial charge is 0.0658 e. The van der Waals surface area contributed by atoms with Gasteiger partial charge in [-0.15, -0.1) is 0 Å². The Balaban J connectivity index is 3.11. The molecule has 0 bridgehead atoms. The minimum atomic E-state index is 0.574. The number of rotatable bonds is 2. The molecule has 0 saturated heterocycles. The van der Waals surface area contributed by atoms with Crippen LogP contribution in [0.3, 0.4) is 0 Å². The Morgan fingerprint density at radius 2 is 1.75 bits per heavy atom. The second-order valence-electron chi connectivity index (χ2n) is 3.66. The van der Waals surface area contributed by atoms with Gasteiger partial charge in [-0.3, -0.25) is 0 Å². The van der Waals surface area contributed by atoms with Crippen molar-refractivity contribution in [1.82, 2.24) is 0 Å². The van der Waals surface area contributed by atoms with Crippen LogP contribution in [0.1, 0.15) is 33.6 Å². The molecular weight excluding hydrogens is 112 g/mol. The smallest absolute Gasteiger partial charge is 0.00279 e. The molecule has 0 aliphatic rings. The third kappa shape index (κ3) is 6.22. The quantitative estimate of drug-likeness (QED) is 0.498. The van der Waals surface area contributed by atoms with Crippen LogP contribution in [0, 0.1) is 5.41 Å². The van der Waals surface area contributed by atoms with Gasteiger partial charge in [0.05, 0.1) is 0 Å². The molecule has 0 saturated carbocycles. The van der Waals surface area contributed by atoms with Crippen LogP contribution in [0.2, 0.25) is 6.04 Å². The summed E-state index contributed by atoms with van der Waals surface area (Å²) in [5, 5.41) is 0. The van der Waals surface area contributed by atoms with E-state index in [2.05, 4.69) is 20.8 Å². The van der Waals surface area contributed by atoms with Gasteiger partial charge >= 0.3 is 0 Å². The van der Waals surface area contributed by atoms with Crippen molar-refractivity contribution in [2.24, 2.45) is 5.41 Å². The zero-order chi connectivity index (χ0) is 6.62. The second kappa shape index (κ2) is 3.28. The van der Waals surface area contributed by atoms with Gasteiger partial charge in [-0.05, 0) is 11.8 Å². The van der Waals surface area contributed by atoms with Crippen molar-refractivity contribution < 1.29 is 0 Å². The Morgan fingerprint density at radius 3 is 1.88 bits per heavy atom. The Bertz CT molecular complexity index is 51.9. The van der Waals surface area contributed by atoms with E-state index in [4.69, 9.17) is 0 Å². The van der Waals surface area contributed by atoms with E-state index in [1.165, 1.54) is 29.1 Å². The lowest BCUT2D eigenvalue weighted by Gasteiger charge is -2.16. The summed E-state index contributed by atoms with van der Waals surface area (Å²) in [7, 11) is 1.38. The van der Waals surface area contributed by atoms with Gasteiger partial charge in [0.15, 0.2) is 0 Å². The third-order valence-electron chi connectivity index (χ3n) is 1.28.